The first-order valence-electron chi connectivity index (χ1n) is 7.18. The maximum Gasteiger partial charge on any atom is 0.0834 e. The average Bonchev–Trinajstić information content (AvgIpc) is 2.96. The third kappa shape index (κ3) is 2.78. The van der Waals surface area contributed by atoms with Gasteiger partial charge in [-0.3, -0.25) is 0 Å². The second kappa shape index (κ2) is 5.50. The van der Waals surface area contributed by atoms with Gasteiger partial charge in [0.2, 0.25) is 0 Å². The van der Waals surface area contributed by atoms with Gasteiger partial charge in [-0.1, -0.05) is 32.6 Å². The van der Waals surface area contributed by atoms with Crippen molar-refractivity contribution in [2.45, 2.75) is 70.4 Å². The highest BCUT2D eigenvalue weighted by molar-refractivity contribution is 4.99. The molecule has 0 aromatic heterocycles. The number of nitrogens with one attached hydrogen (secondary N) is 1. The second-order valence-corrected chi connectivity index (χ2v) is 5.49. The lowest BCUT2D eigenvalue weighted by Crippen LogP contribution is -2.51. The average molecular weight is 225 g/mol. The van der Waals surface area contributed by atoms with Crippen LogP contribution in [0.3, 0.4) is 0 Å². The minimum Gasteiger partial charge on any atom is -0.374 e. The van der Waals surface area contributed by atoms with E-state index in [-0.39, 0.29) is 5.60 Å². The summed E-state index contributed by atoms with van der Waals surface area (Å²) in [6.07, 6.45) is 9.48. The summed E-state index contributed by atoms with van der Waals surface area (Å²) in [5.74, 6) is 0.988. The molecule has 1 N–H and O–H groups in total. The Hall–Kier alpha value is -0.0800. The van der Waals surface area contributed by atoms with Crippen LogP contribution in [0.4, 0.5) is 0 Å². The van der Waals surface area contributed by atoms with Crippen LogP contribution in [-0.4, -0.2) is 24.8 Å². The van der Waals surface area contributed by atoms with Gasteiger partial charge in [-0.15, -0.1) is 0 Å². The van der Waals surface area contributed by atoms with Crippen LogP contribution in [0, 0.1) is 5.92 Å². The summed E-state index contributed by atoms with van der Waals surface area (Å²) in [5, 5.41) is 3.70. The van der Waals surface area contributed by atoms with Crippen LogP contribution in [0.1, 0.15) is 58.8 Å². The highest BCUT2D eigenvalue weighted by Gasteiger charge is 2.43. The Kier molecular flexibility index (Phi) is 4.26. The van der Waals surface area contributed by atoms with Crippen LogP contribution < -0.4 is 5.32 Å². The molecule has 0 spiro atoms. The lowest BCUT2D eigenvalue weighted by Gasteiger charge is -2.38. The maximum absolute atomic E-state index is 6.17. The third-order valence-electron chi connectivity index (χ3n) is 4.23. The first kappa shape index (κ1) is 12.4. The van der Waals surface area contributed by atoms with Crippen LogP contribution >= 0.6 is 0 Å². The van der Waals surface area contributed by atoms with Gasteiger partial charge in [-0.25, -0.2) is 0 Å². The van der Waals surface area contributed by atoms with Crippen molar-refractivity contribution in [1.82, 2.24) is 5.32 Å². The highest BCUT2D eigenvalue weighted by Crippen LogP contribution is 2.42. The number of likely N-dealkylation sites (N-methyl/N-ethyl adjacent to an activating group) is 1. The molecule has 94 valence electrons. The number of hydrogen-bond donors (Lipinski definition) is 1. The summed E-state index contributed by atoms with van der Waals surface area (Å²) in [6, 6.07) is 0.604. The van der Waals surface area contributed by atoms with Crippen molar-refractivity contribution in [2.24, 2.45) is 5.92 Å². The molecule has 0 bridgehead atoms. The Bertz CT molecular complexity index is 207. The minimum absolute atomic E-state index is 0.174. The monoisotopic (exact) mass is 225 g/mol. The van der Waals surface area contributed by atoms with Gasteiger partial charge in [0, 0.05) is 12.6 Å². The van der Waals surface area contributed by atoms with E-state index < -0.39 is 0 Å². The molecule has 2 aliphatic rings. The molecule has 0 radical (unpaired) electrons. The van der Waals surface area contributed by atoms with Crippen LogP contribution in [0.25, 0.3) is 0 Å². The SMILES string of the molecule is CCNC(CC1CC1)C1(OCC)CCCC1. The zero-order valence-corrected chi connectivity index (χ0v) is 10.9. The molecule has 1 atom stereocenters. The third-order valence-corrected chi connectivity index (χ3v) is 4.23. The predicted molar refractivity (Wildman–Crippen MR) is 67.6 cm³/mol. The Balaban J connectivity index is 1.99. The van der Waals surface area contributed by atoms with Crippen molar-refractivity contribution in [1.29, 1.82) is 0 Å². The number of ether oxygens (including phenoxy) is 1. The molecule has 0 heterocycles. The lowest BCUT2D eigenvalue weighted by molar-refractivity contribution is -0.0640. The molecule has 0 aromatic carbocycles. The van der Waals surface area contributed by atoms with Gasteiger partial charge >= 0.3 is 0 Å². The van der Waals surface area contributed by atoms with E-state index in [1.165, 1.54) is 44.9 Å². The molecule has 2 fully saturated rings. The standard InChI is InChI=1S/C14H27NO/c1-3-15-13(11-12-7-8-12)14(16-4-2)9-5-6-10-14/h12-13,15H,3-11H2,1-2H3. The van der Waals surface area contributed by atoms with E-state index in [0.29, 0.717) is 6.04 Å². The summed E-state index contributed by atoms with van der Waals surface area (Å²) < 4.78 is 6.17. The van der Waals surface area contributed by atoms with Gasteiger partial charge in [0.1, 0.15) is 0 Å². The van der Waals surface area contributed by atoms with E-state index in [1.807, 2.05) is 0 Å². The van der Waals surface area contributed by atoms with Gasteiger partial charge in [0.05, 0.1) is 5.60 Å². The van der Waals surface area contributed by atoms with Gasteiger partial charge in [0.15, 0.2) is 0 Å². The van der Waals surface area contributed by atoms with Crippen LogP contribution in [0.15, 0.2) is 0 Å². The zero-order chi connectivity index (χ0) is 11.4. The molecule has 2 rings (SSSR count). The van der Waals surface area contributed by atoms with Gasteiger partial charge in [-0.05, 0) is 38.6 Å². The quantitative estimate of drug-likeness (QED) is 0.719. The highest BCUT2D eigenvalue weighted by atomic mass is 16.5. The molecule has 1 unspecified atom stereocenters. The summed E-state index contributed by atoms with van der Waals surface area (Å²) in [5.41, 5.74) is 0.174. The normalized spacial score (nSPS) is 25.9. The molecule has 16 heavy (non-hydrogen) atoms. The topological polar surface area (TPSA) is 21.3 Å². The van der Waals surface area contributed by atoms with E-state index in [4.69, 9.17) is 4.74 Å². The van der Waals surface area contributed by atoms with Crippen molar-refractivity contribution in [3.8, 4) is 0 Å². The first-order chi connectivity index (χ1) is 7.80. The summed E-state index contributed by atoms with van der Waals surface area (Å²) in [6.45, 7) is 6.30. The van der Waals surface area contributed by atoms with Crippen LogP contribution in [0.5, 0.6) is 0 Å². The fourth-order valence-electron chi connectivity index (χ4n) is 3.27. The van der Waals surface area contributed by atoms with E-state index in [0.717, 1.165) is 19.1 Å². The van der Waals surface area contributed by atoms with Gasteiger partial charge in [0.25, 0.3) is 0 Å². The smallest absolute Gasteiger partial charge is 0.0834 e. The molecule has 2 heteroatoms. The van der Waals surface area contributed by atoms with Crippen molar-refractivity contribution < 1.29 is 4.74 Å². The van der Waals surface area contributed by atoms with Crippen molar-refractivity contribution >= 4 is 0 Å². The fraction of sp³-hybridized carbons (Fsp3) is 1.00. The molecule has 2 saturated carbocycles. The molecule has 2 aliphatic carbocycles. The summed E-state index contributed by atoms with van der Waals surface area (Å²) in [4.78, 5) is 0. The van der Waals surface area contributed by atoms with Crippen LogP contribution in [0.2, 0.25) is 0 Å². The Morgan fingerprint density at radius 3 is 2.44 bits per heavy atom. The lowest BCUT2D eigenvalue weighted by atomic mass is 9.88. The largest absolute Gasteiger partial charge is 0.374 e. The zero-order valence-electron chi connectivity index (χ0n) is 10.9. The minimum atomic E-state index is 0.174. The van der Waals surface area contributed by atoms with Gasteiger partial charge in [-0.2, -0.15) is 0 Å². The molecule has 0 saturated heterocycles. The molecular formula is C14H27NO. The van der Waals surface area contributed by atoms with E-state index in [2.05, 4.69) is 19.2 Å². The maximum atomic E-state index is 6.17. The van der Waals surface area contributed by atoms with Crippen LogP contribution in [-0.2, 0) is 4.74 Å². The predicted octanol–water partition coefficient (Wildman–Crippen LogP) is 3.11. The molecule has 0 amide bonds. The van der Waals surface area contributed by atoms with E-state index in [9.17, 15) is 0 Å². The number of rotatable bonds is 7. The second-order valence-electron chi connectivity index (χ2n) is 5.49. The fourth-order valence-corrected chi connectivity index (χ4v) is 3.27. The summed E-state index contributed by atoms with van der Waals surface area (Å²) >= 11 is 0. The Labute approximate surface area is 100 Å². The van der Waals surface area contributed by atoms with Gasteiger partial charge < -0.3 is 10.1 Å². The van der Waals surface area contributed by atoms with E-state index in [1.54, 1.807) is 0 Å². The Morgan fingerprint density at radius 2 is 1.94 bits per heavy atom. The van der Waals surface area contributed by atoms with Crippen molar-refractivity contribution in [2.75, 3.05) is 13.2 Å². The molecule has 0 aliphatic heterocycles. The molecule has 2 nitrogen and oxygen atoms in total. The summed E-state index contributed by atoms with van der Waals surface area (Å²) in [7, 11) is 0. The van der Waals surface area contributed by atoms with Crippen molar-refractivity contribution in [3.05, 3.63) is 0 Å². The van der Waals surface area contributed by atoms with E-state index >= 15 is 0 Å². The van der Waals surface area contributed by atoms with Crippen molar-refractivity contribution in [3.63, 3.8) is 0 Å². The number of hydrogen-bond acceptors (Lipinski definition) is 2. The Morgan fingerprint density at radius 1 is 1.25 bits per heavy atom. The molecular weight excluding hydrogens is 198 g/mol. The first-order valence-corrected chi connectivity index (χ1v) is 7.18. The molecule has 0 aromatic rings.